The van der Waals surface area contributed by atoms with Gasteiger partial charge in [-0.15, -0.1) is 0 Å². The minimum Gasteiger partial charge on any atom is -0.479 e. The number of carboxylic acids is 1. The highest BCUT2D eigenvalue weighted by atomic mass is 16.7. The molecule has 0 aromatic rings. The van der Waals surface area contributed by atoms with Gasteiger partial charge in [0.25, 0.3) is 0 Å². The lowest BCUT2D eigenvalue weighted by Gasteiger charge is -2.46. The molecule has 0 unspecified atom stereocenters. The molecule has 2 rings (SSSR count). The Hall–Kier alpha value is -2.07. The lowest BCUT2D eigenvalue weighted by atomic mass is 9.96. The Labute approximate surface area is 316 Å². The van der Waals surface area contributed by atoms with Crippen LogP contribution >= 0.6 is 0 Å². The standard InChI is InChI=1S/C36H64O18/c1-3-14-22(39)17-27(42)53-33-28(43)25(18-37)51-36(31(33)46)54-32-26(20-49-21(2)38)52-35(30(45)29(32)44)50-19-23(40)15-12-10-8-6-4-5-7-9-11-13-16-24(41)34(47)48/h22-26,28-33,35-37,39-41,43-46H,3-20H2,1-2H3,(H,47,48)/t22-,23+,24+,25+,26+,28+,29+,30+,31+,32+,33-,35+,36-/m0/s1. The van der Waals surface area contributed by atoms with Crippen molar-refractivity contribution < 1.29 is 88.8 Å². The van der Waals surface area contributed by atoms with Crippen LogP contribution in [0.5, 0.6) is 0 Å². The molecular formula is C36H64O18. The van der Waals surface area contributed by atoms with E-state index in [2.05, 4.69) is 0 Å². The molecular weight excluding hydrogens is 720 g/mol. The van der Waals surface area contributed by atoms with Crippen molar-refractivity contribution in [3.8, 4) is 0 Å². The van der Waals surface area contributed by atoms with E-state index in [-0.39, 0.29) is 13.0 Å². The number of esters is 2. The van der Waals surface area contributed by atoms with Crippen LogP contribution in [0.4, 0.5) is 0 Å². The third-order valence-corrected chi connectivity index (χ3v) is 9.50. The fourth-order valence-corrected chi connectivity index (χ4v) is 6.38. The minimum atomic E-state index is -1.87. The van der Waals surface area contributed by atoms with E-state index in [1.165, 1.54) is 0 Å². The fourth-order valence-electron chi connectivity index (χ4n) is 6.38. The van der Waals surface area contributed by atoms with Gasteiger partial charge in [-0.1, -0.05) is 77.6 Å². The maximum atomic E-state index is 12.5. The summed E-state index contributed by atoms with van der Waals surface area (Å²) < 4.78 is 33.0. The molecule has 18 heteroatoms. The summed E-state index contributed by atoms with van der Waals surface area (Å²) in [6.45, 7) is 1.42. The zero-order valence-electron chi connectivity index (χ0n) is 31.4. The van der Waals surface area contributed by atoms with Gasteiger partial charge in [-0.3, -0.25) is 9.59 Å². The van der Waals surface area contributed by atoms with Crippen LogP contribution in [-0.4, -0.2) is 163 Å². The number of ether oxygens (including phenoxy) is 6. The van der Waals surface area contributed by atoms with Crippen LogP contribution in [0, 0.1) is 0 Å². The van der Waals surface area contributed by atoms with Crippen molar-refractivity contribution >= 4 is 17.9 Å². The Morgan fingerprint density at radius 2 is 1.26 bits per heavy atom. The van der Waals surface area contributed by atoms with E-state index in [1.54, 1.807) is 0 Å². The first kappa shape index (κ1) is 48.1. The number of hydrogen-bond donors (Lipinski definition) is 9. The van der Waals surface area contributed by atoms with Crippen LogP contribution in [0.3, 0.4) is 0 Å². The molecule has 0 aromatic carbocycles. The molecule has 0 aromatic heterocycles. The molecule has 18 nitrogen and oxygen atoms in total. The Bertz CT molecular complexity index is 1060. The molecule has 316 valence electrons. The number of carbonyl (C=O) groups excluding carboxylic acids is 2. The van der Waals surface area contributed by atoms with Crippen molar-refractivity contribution in [1.82, 2.24) is 0 Å². The normalized spacial score (nSPS) is 30.3. The van der Waals surface area contributed by atoms with Crippen molar-refractivity contribution in [3.05, 3.63) is 0 Å². The highest BCUT2D eigenvalue weighted by molar-refractivity contribution is 5.71. The van der Waals surface area contributed by atoms with E-state index >= 15 is 0 Å². The van der Waals surface area contributed by atoms with E-state index in [1.807, 2.05) is 6.92 Å². The Morgan fingerprint density at radius 3 is 1.81 bits per heavy atom. The third kappa shape index (κ3) is 17.0. The molecule has 13 atom stereocenters. The monoisotopic (exact) mass is 784 g/mol. The van der Waals surface area contributed by atoms with E-state index in [0.29, 0.717) is 25.7 Å². The summed E-state index contributed by atoms with van der Waals surface area (Å²) in [5, 5.41) is 91.9. The molecule has 0 aliphatic carbocycles. The van der Waals surface area contributed by atoms with Gasteiger partial charge in [-0.25, -0.2) is 4.79 Å². The smallest absolute Gasteiger partial charge is 0.332 e. The number of aliphatic hydroxyl groups excluding tert-OH is 8. The van der Waals surface area contributed by atoms with Crippen LogP contribution < -0.4 is 0 Å². The first-order valence-corrected chi connectivity index (χ1v) is 19.2. The molecule has 0 amide bonds. The average molecular weight is 785 g/mol. The van der Waals surface area contributed by atoms with Crippen LogP contribution in [0.1, 0.15) is 110 Å². The zero-order valence-corrected chi connectivity index (χ0v) is 31.4. The van der Waals surface area contributed by atoms with Gasteiger partial charge >= 0.3 is 17.9 Å². The predicted molar refractivity (Wildman–Crippen MR) is 186 cm³/mol. The van der Waals surface area contributed by atoms with E-state index in [4.69, 9.17) is 33.5 Å². The van der Waals surface area contributed by atoms with Gasteiger partial charge in [-0.05, 0) is 19.3 Å². The lowest BCUT2D eigenvalue weighted by Crippen LogP contribution is -2.65. The molecule has 2 heterocycles. The van der Waals surface area contributed by atoms with Gasteiger partial charge in [0.1, 0.15) is 49.3 Å². The first-order chi connectivity index (χ1) is 25.7. The summed E-state index contributed by atoms with van der Waals surface area (Å²) in [4.78, 5) is 34.7. The average Bonchev–Trinajstić information content (AvgIpc) is 3.12. The summed E-state index contributed by atoms with van der Waals surface area (Å²) in [5.41, 5.74) is 0. The zero-order chi connectivity index (χ0) is 40.2. The highest BCUT2D eigenvalue weighted by Crippen LogP contribution is 2.31. The predicted octanol–water partition coefficient (Wildman–Crippen LogP) is -0.212. The van der Waals surface area contributed by atoms with Gasteiger partial charge in [-0.2, -0.15) is 0 Å². The number of unbranched alkanes of at least 4 members (excludes halogenated alkanes) is 9. The van der Waals surface area contributed by atoms with Crippen LogP contribution in [0.25, 0.3) is 0 Å². The summed E-state index contributed by atoms with van der Waals surface area (Å²) in [6, 6.07) is 0. The number of carboxylic acid groups (broad SMARTS) is 1. The van der Waals surface area contributed by atoms with Crippen molar-refractivity contribution in [1.29, 1.82) is 0 Å². The van der Waals surface area contributed by atoms with Crippen LogP contribution in [0.15, 0.2) is 0 Å². The number of aliphatic carboxylic acids is 1. The van der Waals surface area contributed by atoms with Gasteiger partial charge in [0.15, 0.2) is 24.8 Å². The Balaban J connectivity index is 1.85. The lowest BCUT2D eigenvalue weighted by molar-refractivity contribution is -0.360. The molecule has 0 saturated carbocycles. The second kappa shape index (κ2) is 26.0. The van der Waals surface area contributed by atoms with Crippen LogP contribution in [-0.2, 0) is 42.8 Å². The van der Waals surface area contributed by atoms with Gasteiger partial charge in [0.2, 0.25) is 0 Å². The topological polar surface area (TPSA) is 289 Å². The van der Waals surface area contributed by atoms with Gasteiger partial charge in [0.05, 0.1) is 31.8 Å². The second-order valence-corrected chi connectivity index (χ2v) is 14.2. The molecule has 0 bridgehead atoms. The maximum Gasteiger partial charge on any atom is 0.332 e. The van der Waals surface area contributed by atoms with Crippen molar-refractivity contribution in [2.75, 3.05) is 19.8 Å². The fraction of sp³-hybridized carbons (Fsp3) is 0.917. The SMILES string of the molecule is CCC[C@H](O)CC(=O)O[C@@H]1[C@@H](O)[C@H](O[C@H]2[C@H](O)[C@@H](O)[C@H](OC[C@H](O)CCCCCCCCCCCC[C@@H](O)C(=O)O)O[C@@H]2COC(C)=O)O[C@H](CO)[C@H]1O. The second-order valence-electron chi connectivity index (χ2n) is 14.2. The third-order valence-electron chi connectivity index (χ3n) is 9.50. The number of carbonyl (C=O) groups is 3. The van der Waals surface area contributed by atoms with E-state index in [9.17, 15) is 55.2 Å². The van der Waals surface area contributed by atoms with Crippen molar-refractivity contribution in [3.63, 3.8) is 0 Å². The number of aliphatic hydroxyl groups is 8. The summed E-state index contributed by atoms with van der Waals surface area (Å²) in [5.74, 6) is -2.82. The van der Waals surface area contributed by atoms with E-state index < -0.39 is 117 Å². The molecule has 0 radical (unpaired) electrons. The van der Waals surface area contributed by atoms with E-state index in [0.717, 1.165) is 64.7 Å². The largest absolute Gasteiger partial charge is 0.479 e. The summed E-state index contributed by atoms with van der Waals surface area (Å²) in [7, 11) is 0. The summed E-state index contributed by atoms with van der Waals surface area (Å²) >= 11 is 0. The molecule has 9 N–H and O–H groups in total. The molecule has 2 aliphatic heterocycles. The van der Waals surface area contributed by atoms with Crippen LogP contribution in [0.2, 0.25) is 0 Å². The quantitative estimate of drug-likeness (QED) is 0.0385. The molecule has 0 spiro atoms. The van der Waals surface area contributed by atoms with Crippen molar-refractivity contribution in [2.24, 2.45) is 0 Å². The maximum absolute atomic E-state index is 12.5. The first-order valence-electron chi connectivity index (χ1n) is 19.2. The summed E-state index contributed by atoms with van der Waals surface area (Å²) in [6.07, 6.45) is -8.94. The van der Waals surface area contributed by atoms with Gasteiger partial charge < -0.3 is 74.4 Å². The molecule has 54 heavy (non-hydrogen) atoms. The number of hydrogen-bond acceptors (Lipinski definition) is 17. The molecule has 2 saturated heterocycles. The highest BCUT2D eigenvalue weighted by Gasteiger charge is 2.52. The van der Waals surface area contributed by atoms with Gasteiger partial charge in [0, 0.05) is 6.92 Å². The molecule has 2 aliphatic rings. The Kier molecular flexibility index (Phi) is 23.1. The Morgan fingerprint density at radius 1 is 0.685 bits per heavy atom. The van der Waals surface area contributed by atoms with Crippen molar-refractivity contribution in [2.45, 2.75) is 190 Å². The molecule has 2 fully saturated rings. The number of rotatable bonds is 27. The minimum absolute atomic E-state index is 0.246.